The number of hydrogen-bond donors (Lipinski definition) is 5. The fourth-order valence-corrected chi connectivity index (χ4v) is 2.04. The molecule has 118 valence electrons. The molecule has 6 heteroatoms. The molecule has 2 aromatic rings. The van der Waals surface area contributed by atoms with Gasteiger partial charge in [0.2, 0.25) is 0 Å². The maximum atomic E-state index is 9.47. The molecule has 0 aromatic heterocycles. The van der Waals surface area contributed by atoms with Crippen molar-refractivity contribution in [2.75, 3.05) is 13.2 Å². The molecule has 2 aromatic carbocycles. The Balaban J connectivity index is 1.96. The zero-order valence-electron chi connectivity index (χ0n) is 11.8. The van der Waals surface area contributed by atoms with Crippen molar-refractivity contribution in [1.82, 2.24) is 0 Å². The Kier molecular flexibility index (Phi) is 5.08. The van der Waals surface area contributed by atoms with Crippen molar-refractivity contribution in [3.63, 3.8) is 0 Å². The minimum atomic E-state index is -0.628. The Labute approximate surface area is 127 Å². The first-order chi connectivity index (χ1) is 10.5. The monoisotopic (exact) mass is 306 g/mol. The summed E-state index contributed by atoms with van der Waals surface area (Å²) in [6, 6.07) is 8.73. The van der Waals surface area contributed by atoms with E-state index in [9.17, 15) is 25.5 Å². The molecule has 0 spiro atoms. The minimum Gasteiger partial charge on any atom is -0.504 e. The zero-order chi connectivity index (χ0) is 16.1. The average Bonchev–Trinajstić information content (AvgIpc) is 2.50. The average molecular weight is 306 g/mol. The molecule has 5 N–H and O–H groups in total. The van der Waals surface area contributed by atoms with Crippen molar-refractivity contribution in [2.45, 2.75) is 12.5 Å². The second kappa shape index (κ2) is 7.02. The molecule has 0 aliphatic heterocycles. The van der Waals surface area contributed by atoms with Gasteiger partial charge in [0.1, 0.15) is 6.10 Å². The van der Waals surface area contributed by atoms with E-state index in [2.05, 4.69) is 0 Å². The summed E-state index contributed by atoms with van der Waals surface area (Å²) in [4.78, 5) is 0. The number of phenolic OH excluding ortho intramolecular Hbond substituents is 4. The smallest absolute Gasteiger partial charge is 0.157 e. The number of ether oxygens (including phenoxy) is 1. The van der Waals surface area contributed by atoms with Gasteiger partial charge in [-0.2, -0.15) is 0 Å². The quantitative estimate of drug-likeness (QED) is 0.521. The minimum absolute atomic E-state index is 0.183. The van der Waals surface area contributed by atoms with Crippen LogP contribution in [0.2, 0.25) is 0 Å². The number of benzene rings is 2. The molecule has 0 amide bonds. The van der Waals surface area contributed by atoms with Gasteiger partial charge in [0.05, 0.1) is 13.2 Å². The highest BCUT2D eigenvalue weighted by atomic mass is 16.5. The van der Waals surface area contributed by atoms with E-state index in [0.717, 1.165) is 5.56 Å². The first-order valence-corrected chi connectivity index (χ1v) is 6.76. The summed E-state index contributed by atoms with van der Waals surface area (Å²) in [6.07, 6.45) is -0.147. The van der Waals surface area contributed by atoms with E-state index >= 15 is 0 Å². The number of aliphatic hydroxyl groups is 1. The van der Waals surface area contributed by atoms with Gasteiger partial charge in [-0.3, -0.25) is 0 Å². The van der Waals surface area contributed by atoms with Crippen LogP contribution in [-0.4, -0.2) is 38.7 Å². The van der Waals surface area contributed by atoms with Crippen LogP contribution in [0.5, 0.6) is 23.0 Å². The summed E-state index contributed by atoms with van der Waals surface area (Å²) in [5.74, 6) is -0.889. The van der Waals surface area contributed by atoms with Gasteiger partial charge < -0.3 is 30.3 Å². The number of rotatable bonds is 6. The van der Waals surface area contributed by atoms with E-state index in [-0.39, 0.29) is 36.2 Å². The maximum absolute atomic E-state index is 9.47. The van der Waals surface area contributed by atoms with E-state index in [1.54, 1.807) is 12.1 Å². The van der Waals surface area contributed by atoms with Crippen LogP contribution in [0.1, 0.15) is 17.2 Å². The summed E-state index contributed by atoms with van der Waals surface area (Å²) >= 11 is 0. The van der Waals surface area contributed by atoms with Crippen LogP contribution < -0.4 is 0 Å². The highest BCUT2D eigenvalue weighted by molar-refractivity contribution is 5.41. The second-order valence-electron chi connectivity index (χ2n) is 4.86. The van der Waals surface area contributed by atoms with Crippen molar-refractivity contribution >= 4 is 0 Å². The lowest BCUT2D eigenvalue weighted by Crippen LogP contribution is -2.11. The molecular weight excluding hydrogens is 288 g/mol. The lowest BCUT2D eigenvalue weighted by atomic mass is 10.1. The van der Waals surface area contributed by atoms with E-state index in [1.165, 1.54) is 24.3 Å². The lowest BCUT2D eigenvalue weighted by molar-refractivity contribution is 0.0132. The molecule has 0 aliphatic carbocycles. The Bertz CT molecular complexity index is 641. The van der Waals surface area contributed by atoms with Crippen LogP contribution in [0.15, 0.2) is 36.4 Å². The molecular formula is C16H18O6. The summed E-state index contributed by atoms with van der Waals surface area (Å²) < 4.78 is 5.56. The van der Waals surface area contributed by atoms with Gasteiger partial charge in [-0.25, -0.2) is 0 Å². The SMILES string of the molecule is OCC(OCCc1ccc(O)c(O)c1)c1ccc(O)c(O)c1. The highest BCUT2D eigenvalue weighted by Gasteiger charge is 2.13. The van der Waals surface area contributed by atoms with Crippen LogP contribution in [0.25, 0.3) is 0 Å². The Morgan fingerprint density at radius 3 is 2.05 bits per heavy atom. The summed E-state index contributed by atoms with van der Waals surface area (Å²) in [5.41, 5.74) is 1.33. The van der Waals surface area contributed by atoms with Crippen LogP contribution in [0.3, 0.4) is 0 Å². The molecule has 0 fully saturated rings. The zero-order valence-corrected chi connectivity index (χ0v) is 11.8. The topological polar surface area (TPSA) is 110 Å². The lowest BCUT2D eigenvalue weighted by Gasteiger charge is -2.16. The first-order valence-electron chi connectivity index (χ1n) is 6.76. The van der Waals surface area contributed by atoms with Crippen molar-refractivity contribution in [3.05, 3.63) is 47.5 Å². The number of aromatic hydroxyl groups is 4. The third-order valence-corrected chi connectivity index (χ3v) is 3.29. The fourth-order valence-electron chi connectivity index (χ4n) is 2.04. The van der Waals surface area contributed by atoms with E-state index in [1.807, 2.05) is 0 Å². The standard InChI is InChI=1S/C16H18O6/c17-9-16(11-2-4-13(19)15(21)8-11)22-6-5-10-1-3-12(18)14(20)7-10/h1-4,7-8,16-21H,5-6,9H2. The summed E-state index contributed by atoms with van der Waals surface area (Å²) in [7, 11) is 0. The highest BCUT2D eigenvalue weighted by Crippen LogP contribution is 2.29. The number of hydrogen-bond acceptors (Lipinski definition) is 6. The van der Waals surface area contributed by atoms with E-state index < -0.39 is 6.10 Å². The largest absolute Gasteiger partial charge is 0.504 e. The molecule has 0 heterocycles. The Morgan fingerprint density at radius 2 is 1.45 bits per heavy atom. The van der Waals surface area contributed by atoms with Crippen LogP contribution in [0.4, 0.5) is 0 Å². The second-order valence-corrected chi connectivity index (χ2v) is 4.86. The van der Waals surface area contributed by atoms with Gasteiger partial charge in [-0.1, -0.05) is 12.1 Å². The molecule has 0 bridgehead atoms. The third kappa shape index (κ3) is 3.81. The molecule has 1 unspecified atom stereocenters. The van der Waals surface area contributed by atoms with E-state index in [4.69, 9.17) is 4.74 Å². The predicted octanol–water partition coefficient (Wildman–Crippen LogP) is 1.80. The molecule has 22 heavy (non-hydrogen) atoms. The summed E-state index contributed by atoms with van der Waals surface area (Å²) in [5, 5.41) is 46.8. The van der Waals surface area contributed by atoms with Gasteiger partial charge in [0, 0.05) is 0 Å². The van der Waals surface area contributed by atoms with Gasteiger partial charge in [-0.15, -0.1) is 0 Å². The van der Waals surface area contributed by atoms with Gasteiger partial charge in [0.15, 0.2) is 23.0 Å². The molecule has 2 rings (SSSR count). The van der Waals surface area contributed by atoms with E-state index in [0.29, 0.717) is 12.0 Å². The van der Waals surface area contributed by atoms with Crippen LogP contribution >= 0.6 is 0 Å². The molecule has 0 radical (unpaired) electrons. The van der Waals surface area contributed by atoms with Gasteiger partial charge in [0.25, 0.3) is 0 Å². The Morgan fingerprint density at radius 1 is 0.818 bits per heavy atom. The third-order valence-electron chi connectivity index (χ3n) is 3.29. The predicted molar refractivity (Wildman–Crippen MR) is 79.0 cm³/mol. The molecule has 6 nitrogen and oxygen atoms in total. The van der Waals surface area contributed by atoms with Crippen LogP contribution in [-0.2, 0) is 11.2 Å². The molecule has 0 saturated heterocycles. The van der Waals surface area contributed by atoms with Crippen molar-refractivity contribution < 1.29 is 30.3 Å². The van der Waals surface area contributed by atoms with Crippen LogP contribution in [0, 0.1) is 0 Å². The molecule has 1 atom stereocenters. The molecule has 0 aliphatic rings. The maximum Gasteiger partial charge on any atom is 0.157 e. The first kappa shape index (κ1) is 15.9. The van der Waals surface area contributed by atoms with Crippen molar-refractivity contribution in [3.8, 4) is 23.0 Å². The fraction of sp³-hybridized carbons (Fsp3) is 0.250. The van der Waals surface area contributed by atoms with Crippen molar-refractivity contribution in [2.24, 2.45) is 0 Å². The Hall–Kier alpha value is -2.44. The van der Waals surface area contributed by atoms with Gasteiger partial charge >= 0.3 is 0 Å². The van der Waals surface area contributed by atoms with Gasteiger partial charge in [-0.05, 0) is 41.8 Å². The summed E-state index contributed by atoms with van der Waals surface area (Å²) in [6.45, 7) is 0.00211. The molecule has 0 saturated carbocycles. The normalized spacial score (nSPS) is 12.2. The van der Waals surface area contributed by atoms with Crippen molar-refractivity contribution in [1.29, 1.82) is 0 Å². The number of aliphatic hydroxyl groups excluding tert-OH is 1. The number of phenols is 4.